The number of benzene rings is 2. The maximum atomic E-state index is 13.1. The Kier molecular flexibility index (Phi) is 5.15. The zero-order valence-corrected chi connectivity index (χ0v) is 15.5. The van der Waals surface area contributed by atoms with Crippen molar-refractivity contribution in [3.8, 4) is 0 Å². The van der Waals surface area contributed by atoms with E-state index in [1.54, 1.807) is 17.0 Å². The second kappa shape index (κ2) is 8.05. The van der Waals surface area contributed by atoms with E-state index in [0.717, 1.165) is 24.1 Å². The van der Waals surface area contributed by atoms with E-state index in [1.807, 2.05) is 48.5 Å². The van der Waals surface area contributed by atoms with E-state index >= 15 is 0 Å². The van der Waals surface area contributed by atoms with Crippen LogP contribution in [0.1, 0.15) is 38.4 Å². The molecular formula is C23H21N3O2. The molecule has 1 N–H and O–H groups in total. The van der Waals surface area contributed by atoms with Crippen LogP contribution in [0.25, 0.3) is 0 Å². The molecule has 0 atom stereocenters. The first-order valence-corrected chi connectivity index (χ1v) is 9.40. The fraction of sp³-hybridized carbons (Fsp3) is 0.174. The summed E-state index contributed by atoms with van der Waals surface area (Å²) in [6.45, 7) is 1.09. The molecule has 5 nitrogen and oxygen atoms in total. The number of para-hydroxylation sites is 1. The Morgan fingerprint density at radius 1 is 1.00 bits per heavy atom. The number of hydrogen-bond acceptors (Lipinski definition) is 3. The van der Waals surface area contributed by atoms with Crippen LogP contribution in [0.3, 0.4) is 0 Å². The van der Waals surface area contributed by atoms with Crippen LogP contribution in [0.5, 0.6) is 0 Å². The molecule has 0 aliphatic carbocycles. The fourth-order valence-electron chi connectivity index (χ4n) is 3.46. The number of carbonyl (C=O) groups excluding carboxylic acids is 2. The van der Waals surface area contributed by atoms with Gasteiger partial charge in [0.05, 0.1) is 0 Å². The lowest BCUT2D eigenvalue weighted by Gasteiger charge is -2.29. The number of carbonyl (C=O) groups is 2. The summed E-state index contributed by atoms with van der Waals surface area (Å²) in [6, 6.07) is 20.9. The Labute approximate surface area is 164 Å². The Balaban J connectivity index is 1.51. The normalized spacial score (nSPS) is 12.9. The van der Waals surface area contributed by atoms with Gasteiger partial charge in [-0.2, -0.15) is 0 Å². The van der Waals surface area contributed by atoms with Gasteiger partial charge >= 0.3 is 0 Å². The first kappa shape index (κ1) is 17.9. The van der Waals surface area contributed by atoms with Crippen LogP contribution >= 0.6 is 0 Å². The average molecular weight is 371 g/mol. The summed E-state index contributed by atoms with van der Waals surface area (Å²) in [5.41, 5.74) is 3.85. The summed E-state index contributed by atoms with van der Waals surface area (Å²) in [5, 5.41) is 2.85. The second-order valence-electron chi connectivity index (χ2n) is 6.79. The molecule has 0 spiro atoms. The minimum absolute atomic E-state index is 0.105. The first-order chi connectivity index (χ1) is 13.7. The number of hydrogen-bond donors (Lipinski definition) is 1. The standard InChI is InChI=1S/C23H21N3O2/c27-22(25-16-17-7-2-1-3-8-17)20-15-19(12-13-24-20)23(28)26-14-6-10-18-9-4-5-11-21(18)26/h1-5,7-9,11-13,15H,6,10,14,16H2,(H,25,27). The van der Waals surface area contributed by atoms with Gasteiger partial charge in [0.25, 0.3) is 11.8 Å². The Morgan fingerprint density at radius 3 is 2.64 bits per heavy atom. The number of nitrogens with zero attached hydrogens (tertiary/aromatic N) is 2. The quantitative estimate of drug-likeness (QED) is 0.762. The van der Waals surface area contributed by atoms with E-state index in [9.17, 15) is 9.59 Å². The summed E-state index contributed by atoms with van der Waals surface area (Å²) in [4.78, 5) is 31.5. The highest BCUT2D eigenvalue weighted by Gasteiger charge is 2.24. The largest absolute Gasteiger partial charge is 0.347 e. The van der Waals surface area contributed by atoms with Crippen molar-refractivity contribution in [1.29, 1.82) is 0 Å². The number of aryl methyl sites for hydroxylation is 1. The van der Waals surface area contributed by atoms with Crippen molar-refractivity contribution in [3.05, 3.63) is 95.3 Å². The van der Waals surface area contributed by atoms with Gasteiger partial charge in [-0.05, 0) is 42.2 Å². The zero-order chi connectivity index (χ0) is 19.3. The van der Waals surface area contributed by atoms with Crippen LogP contribution in [0, 0.1) is 0 Å². The lowest BCUT2D eigenvalue weighted by molar-refractivity contribution is 0.0946. The van der Waals surface area contributed by atoms with E-state index in [0.29, 0.717) is 18.7 Å². The predicted molar refractivity (Wildman–Crippen MR) is 108 cm³/mol. The van der Waals surface area contributed by atoms with Crippen molar-refractivity contribution in [3.63, 3.8) is 0 Å². The molecule has 1 aliphatic heterocycles. The third-order valence-electron chi connectivity index (χ3n) is 4.89. The van der Waals surface area contributed by atoms with E-state index in [4.69, 9.17) is 0 Å². The van der Waals surface area contributed by atoms with Crippen LogP contribution in [0.4, 0.5) is 5.69 Å². The fourth-order valence-corrected chi connectivity index (χ4v) is 3.46. The molecule has 0 saturated heterocycles. The molecule has 2 aromatic carbocycles. The molecule has 0 fully saturated rings. The van der Waals surface area contributed by atoms with Gasteiger partial charge in [0, 0.05) is 30.5 Å². The SMILES string of the molecule is O=C(NCc1ccccc1)c1cc(C(=O)N2CCCc3ccccc32)ccn1. The number of nitrogens with one attached hydrogen (secondary N) is 1. The Hall–Kier alpha value is -3.47. The summed E-state index contributed by atoms with van der Waals surface area (Å²) >= 11 is 0. The van der Waals surface area contributed by atoms with Crippen LogP contribution in [0.2, 0.25) is 0 Å². The van der Waals surface area contributed by atoms with Gasteiger partial charge in [-0.15, -0.1) is 0 Å². The number of fused-ring (bicyclic) bond motifs is 1. The van der Waals surface area contributed by atoms with Crippen molar-refractivity contribution in [2.24, 2.45) is 0 Å². The number of aromatic nitrogens is 1. The number of rotatable bonds is 4. The maximum Gasteiger partial charge on any atom is 0.270 e. The summed E-state index contributed by atoms with van der Waals surface area (Å²) < 4.78 is 0. The van der Waals surface area contributed by atoms with Crippen molar-refractivity contribution in [2.45, 2.75) is 19.4 Å². The maximum absolute atomic E-state index is 13.1. The minimum atomic E-state index is -0.294. The summed E-state index contributed by atoms with van der Waals surface area (Å²) in [6.07, 6.45) is 3.42. The van der Waals surface area contributed by atoms with Crippen LogP contribution in [-0.2, 0) is 13.0 Å². The minimum Gasteiger partial charge on any atom is -0.347 e. The number of pyridine rings is 1. The monoisotopic (exact) mass is 371 g/mol. The van der Waals surface area contributed by atoms with Crippen LogP contribution < -0.4 is 10.2 Å². The van der Waals surface area contributed by atoms with E-state index in [2.05, 4.69) is 16.4 Å². The van der Waals surface area contributed by atoms with Gasteiger partial charge in [0.15, 0.2) is 0 Å². The van der Waals surface area contributed by atoms with Crippen molar-refractivity contribution >= 4 is 17.5 Å². The van der Waals surface area contributed by atoms with Gasteiger partial charge < -0.3 is 10.2 Å². The van der Waals surface area contributed by atoms with Crippen molar-refractivity contribution in [2.75, 3.05) is 11.4 Å². The molecule has 140 valence electrons. The number of amides is 2. The Morgan fingerprint density at radius 2 is 1.79 bits per heavy atom. The average Bonchev–Trinajstić information content (AvgIpc) is 2.77. The molecule has 4 rings (SSSR count). The third-order valence-corrected chi connectivity index (χ3v) is 4.89. The highest BCUT2D eigenvalue weighted by atomic mass is 16.2. The highest BCUT2D eigenvalue weighted by molar-refractivity contribution is 6.07. The Bertz CT molecular complexity index is 1000. The molecular weight excluding hydrogens is 350 g/mol. The molecule has 28 heavy (non-hydrogen) atoms. The van der Waals surface area contributed by atoms with Crippen LogP contribution in [-0.4, -0.2) is 23.3 Å². The van der Waals surface area contributed by atoms with Gasteiger partial charge in [-0.1, -0.05) is 48.5 Å². The molecule has 0 unspecified atom stereocenters. The molecule has 5 heteroatoms. The molecule has 2 heterocycles. The summed E-state index contributed by atoms with van der Waals surface area (Å²) in [5.74, 6) is -0.399. The molecule has 1 aliphatic rings. The lowest BCUT2D eigenvalue weighted by atomic mass is 10.0. The van der Waals surface area contributed by atoms with Crippen molar-refractivity contribution < 1.29 is 9.59 Å². The smallest absolute Gasteiger partial charge is 0.270 e. The zero-order valence-electron chi connectivity index (χ0n) is 15.5. The van der Waals surface area contributed by atoms with Crippen molar-refractivity contribution in [1.82, 2.24) is 10.3 Å². The predicted octanol–water partition coefficient (Wildman–Crippen LogP) is 3.60. The van der Waals surface area contributed by atoms with E-state index in [-0.39, 0.29) is 17.5 Å². The van der Waals surface area contributed by atoms with E-state index in [1.165, 1.54) is 11.8 Å². The van der Waals surface area contributed by atoms with Gasteiger partial charge in [-0.25, -0.2) is 0 Å². The molecule has 1 aromatic heterocycles. The van der Waals surface area contributed by atoms with Gasteiger partial charge in [0.1, 0.15) is 5.69 Å². The highest BCUT2D eigenvalue weighted by Crippen LogP contribution is 2.28. The van der Waals surface area contributed by atoms with Crippen LogP contribution in [0.15, 0.2) is 72.9 Å². The second-order valence-corrected chi connectivity index (χ2v) is 6.79. The summed E-state index contributed by atoms with van der Waals surface area (Å²) in [7, 11) is 0. The van der Waals surface area contributed by atoms with Gasteiger partial charge in [-0.3, -0.25) is 14.6 Å². The lowest BCUT2D eigenvalue weighted by Crippen LogP contribution is -2.35. The molecule has 2 amide bonds. The van der Waals surface area contributed by atoms with Gasteiger partial charge in [0.2, 0.25) is 0 Å². The van der Waals surface area contributed by atoms with E-state index < -0.39 is 0 Å². The molecule has 0 bridgehead atoms. The molecule has 0 radical (unpaired) electrons. The molecule has 0 saturated carbocycles. The third kappa shape index (κ3) is 3.78. The first-order valence-electron chi connectivity index (χ1n) is 9.40. The molecule has 3 aromatic rings. The number of anilines is 1. The topological polar surface area (TPSA) is 62.3 Å².